The van der Waals surface area contributed by atoms with Crippen LogP contribution in [-0.4, -0.2) is 30.2 Å². The minimum Gasteiger partial charge on any atom is -0.467 e. The first kappa shape index (κ1) is 20.2. The summed E-state index contributed by atoms with van der Waals surface area (Å²) in [6.07, 6.45) is 3.60. The number of aromatic nitrogens is 1. The first-order valence-corrected chi connectivity index (χ1v) is 11.1. The molecule has 0 aliphatic heterocycles. The number of carbonyl (C=O) groups is 2. The van der Waals surface area contributed by atoms with Crippen molar-refractivity contribution in [1.29, 1.82) is 0 Å². The van der Waals surface area contributed by atoms with E-state index in [9.17, 15) is 9.59 Å². The van der Waals surface area contributed by atoms with Crippen LogP contribution < -0.4 is 4.90 Å². The number of benzene rings is 2. The monoisotopic (exact) mass is 438 g/mol. The van der Waals surface area contributed by atoms with E-state index in [4.69, 9.17) is 9.15 Å². The number of thiazole rings is 1. The fraction of sp³-hybridized carbons (Fsp3) is 0.136. The highest BCUT2D eigenvalue weighted by atomic mass is 32.2. The van der Waals surface area contributed by atoms with Gasteiger partial charge in [-0.05, 0) is 60.9 Å². The minimum atomic E-state index is -0.447. The van der Waals surface area contributed by atoms with Crippen LogP contribution in [0.5, 0.6) is 0 Å². The Kier molecular flexibility index (Phi) is 5.87. The Labute approximate surface area is 181 Å². The minimum absolute atomic E-state index is 0.230. The molecule has 0 aliphatic rings. The molecule has 0 atom stereocenters. The molecule has 0 saturated heterocycles. The van der Waals surface area contributed by atoms with E-state index in [1.54, 1.807) is 53.3 Å². The second-order valence-corrected chi connectivity index (χ2v) is 8.26. The second-order valence-electron chi connectivity index (χ2n) is 6.37. The van der Waals surface area contributed by atoms with Gasteiger partial charge in [0.05, 0.1) is 35.7 Å². The standard InChI is InChI=1S/C22H18N2O4S2/c1-27-21(26)15-7-5-14(6-8-15)20(25)24(13-16-4-3-11-28-16)22-23-18-10-9-17(29-2)12-19(18)30-22/h3-12H,13H2,1-2H3. The number of fused-ring (bicyclic) bond motifs is 1. The topological polar surface area (TPSA) is 72.6 Å². The SMILES string of the molecule is COC(=O)c1ccc(C(=O)N(Cc2ccco2)c2nc3ccc(SC)cc3s2)cc1. The normalized spacial score (nSPS) is 10.9. The third-order valence-electron chi connectivity index (χ3n) is 4.51. The molecule has 0 saturated carbocycles. The average molecular weight is 439 g/mol. The maximum absolute atomic E-state index is 13.4. The van der Waals surface area contributed by atoms with Crippen LogP contribution in [0.3, 0.4) is 0 Å². The van der Waals surface area contributed by atoms with Crippen LogP contribution in [0.15, 0.2) is 70.2 Å². The lowest BCUT2D eigenvalue weighted by Crippen LogP contribution is -2.30. The van der Waals surface area contributed by atoms with Crippen molar-refractivity contribution < 1.29 is 18.7 Å². The second kappa shape index (κ2) is 8.73. The third-order valence-corrected chi connectivity index (χ3v) is 6.27. The predicted octanol–water partition coefficient (Wildman–Crippen LogP) is 5.24. The molecule has 30 heavy (non-hydrogen) atoms. The van der Waals surface area contributed by atoms with E-state index >= 15 is 0 Å². The fourth-order valence-electron chi connectivity index (χ4n) is 2.94. The van der Waals surface area contributed by atoms with E-state index in [0.717, 1.165) is 15.1 Å². The van der Waals surface area contributed by atoms with Gasteiger partial charge in [0.2, 0.25) is 0 Å². The van der Waals surface area contributed by atoms with Crippen LogP contribution in [0.2, 0.25) is 0 Å². The maximum atomic E-state index is 13.4. The molecule has 4 aromatic rings. The molecule has 0 unspecified atom stereocenters. The Bertz CT molecular complexity index is 1180. The number of ether oxygens (including phenoxy) is 1. The third kappa shape index (κ3) is 4.10. The van der Waals surface area contributed by atoms with E-state index in [2.05, 4.69) is 11.1 Å². The Morgan fingerprint density at radius 1 is 1.13 bits per heavy atom. The van der Waals surface area contributed by atoms with E-state index < -0.39 is 5.97 Å². The fourth-order valence-corrected chi connectivity index (χ4v) is 4.46. The molecule has 0 fully saturated rings. The van der Waals surface area contributed by atoms with Crippen LogP contribution in [0.4, 0.5) is 5.13 Å². The quantitative estimate of drug-likeness (QED) is 0.303. The number of nitrogens with zero attached hydrogens (tertiary/aromatic N) is 2. The molecule has 0 aliphatic carbocycles. The van der Waals surface area contributed by atoms with E-state index in [0.29, 0.717) is 22.0 Å². The van der Waals surface area contributed by atoms with Gasteiger partial charge in [0.1, 0.15) is 5.76 Å². The Morgan fingerprint density at radius 2 is 1.90 bits per heavy atom. The van der Waals surface area contributed by atoms with Gasteiger partial charge >= 0.3 is 5.97 Å². The first-order valence-electron chi connectivity index (χ1n) is 9.06. The summed E-state index contributed by atoms with van der Waals surface area (Å²) in [4.78, 5) is 32.4. The Balaban J connectivity index is 1.71. The Hall–Kier alpha value is -3.10. The number of thioether (sulfide) groups is 1. The summed E-state index contributed by atoms with van der Waals surface area (Å²) in [6.45, 7) is 0.250. The summed E-state index contributed by atoms with van der Waals surface area (Å²) in [5.74, 6) is -0.0252. The summed E-state index contributed by atoms with van der Waals surface area (Å²) < 4.78 is 11.2. The number of furan rings is 1. The number of anilines is 1. The molecule has 2 aromatic heterocycles. The molecule has 0 bridgehead atoms. The van der Waals surface area contributed by atoms with E-state index in [-0.39, 0.29) is 12.5 Å². The zero-order chi connectivity index (χ0) is 21.1. The average Bonchev–Trinajstić information content (AvgIpc) is 3.45. The summed E-state index contributed by atoms with van der Waals surface area (Å²) >= 11 is 3.12. The Morgan fingerprint density at radius 3 is 2.57 bits per heavy atom. The molecule has 8 heteroatoms. The molecule has 6 nitrogen and oxygen atoms in total. The van der Waals surface area contributed by atoms with Crippen molar-refractivity contribution in [3.05, 3.63) is 77.7 Å². The van der Waals surface area contributed by atoms with Crippen molar-refractivity contribution in [3.8, 4) is 0 Å². The number of amides is 1. The van der Waals surface area contributed by atoms with Gasteiger partial charge in [-0.15, -0.1) is 11.8 Å². The number of rotatable bonds is 6. The van der Waals surface area contributed by atoms with E-state index in [1.165, 1.54) is 18.4 Å². The van der Waals surface area contributed by atoms with Gasteiger partial charge in [-0.3, -0.25) is 9.69 Å². The molecule has 2 heterocycles. The molecule has 0 radical (unpaired) electrons. The summed E-state index contributed by atoms with van der Waals surface area (Å²) in [5, 5.41) is 0.585. The lowest BCUT2D eigenvalue weighted by atomic mass is 10.1. The zero-order valence-electron chi connectivity index (χ0n) is 16.3. The van der Waals surface area contributed by atoms with Crippen molar-refractivity contribution in [2.24, 2.45) is 0 Å². The van der Waals surface area contributed by atoms with Gasteiger partial charge in [-0.25, -0.2) is 9.78 Å². The van der Waals surface area contributed by atoms with Crippen molar-refractivity contribution >= 4 is 50.3 Å². The van der Waals surface area contributed by atoms with Crippen LogP contribution in [0.25, 0.3) is 10.2 Å². The smallest absolute Gasteiger partial charge is 0.337 e. The molecule has 152 valence electrons. The number of carbonyl (C=O) groups excluding carboxylic acids is 2. The summed E-state index contributed by atoms with van der Waals surface area (Å²) in [6, 6.07) is 16.0. The molecule has 0 spiro atoms. The van der Waals surface area contributed by atoms with Crippen molar-refractivity contribution in [2.75, 3.05) is 18.3 Å². The zero-order valence-corrected chi connectivity index (χ0v) is 18.0. The van der Waals surface area contributed by atoms with Gasteiger partial charge in [0, 0.05) is 10.5 Å². The number of methoxy groups -OCH3 is 1. The van der Waals surface area contributed by atoms with Gasteiger partial charge < -0.3 is 9.15 Å². The number of esters is 1. The van der Waals surface area contributed by atoms with E-state index in [1.807, 2.05) is 24.5 Å². The highest BCUT2D eigenvalue weighted by molar-refractivity contribution is 7.98. The van der Waals surface area contributed by atoms with Crippen LogP contribution in [0, 0.1) is 0 Å². The predicted molar refractivity (Wildman–Crippen MR) is 118 cm³/mol. The largest absolute Gasteiger partial charge is 0.467 e. The van der Waals surface area contributed by atoms with Crippen LogP contribution in [-0.2, 0) is 11.3 Å². The summed E-state index contributed by atoms with van der Waals surface area (Å²) in [7, 11) is 1.32. The van der Waals surface area contributed by atoms with Crippen molar-refractivity contribution in [1.82, 2.24) is 4.98 Å². The number of hydrogen-bond donors (Lipinski definition) is 0. The van der Waals surface area contributed by atoms with Gasteiger partial charge in [0.15, 0.2) is 5.13 Å². The molecular weight excluding hydrogens is 420 g/mol. The van der Waals surface area contributed by atoms with Crippen LogP contribution >= 0.6 is 23.1 Å². The first-order chi connectivity index (χ1) is 14.6. The molecular formula is C22H18N2O4S2. The molecule has 1 amide bonds. The van der Waals surface area contributed by atoms with Gasteiger partial charge in [-0.1, -0.05) is 11.3 Å². The maximum Gasteiger partial charge on any atom is 0.337 e. The lowest BCUT2D eigenvalue weighted by Gasteiger charge is -2.19. The molecule has 4 rings (SSSR count). The highest BCUT2D eigenvalue weighted by Crippen LogP contribution is 2.33. The molecule has 2 aromatic carbocycles. The molecule has 0 N–H and O–H groups in total. The van der Waals surface area contributed by atoms with Crippen LogP contribution in [0.1, 0.15) is 26.5 Å². The lowest BCUT2D eigenvalue weighted by molar-refractivity contribution is 0.0600. The highest BCUT2D eigenvalue weighted by Gasteiger charge is 2.23. The van der Waals surface area contributed by atoms with Crippen molar-refractivity contribution in [3.63, 3.8) is 0 Å². The van der Waals surface area contributed by atoms with Gasteiger partial charge in [0.25, 0.3) is 5.91 Å². The summed E-state index contributed by atoms with van der Waals surface area (Å²) in [5.41, 5.74) is 1.67. The van der Waals surface area contributed by atoms with Crippen molar-refractivity contribution in [2.45, 2.75) is 11.4 Å². The van der Waals surface area contributed by atoms with Gasteiger partial charge in [-0.2, -0.15) is 0 Å². The number of hydrogen-bond acceptors (Lipinski definition) is 7.